The van der Waals surface area contributed by atoms with Gasteiger partial charge in [-0.15, -0.1) is 0 Å². The molecule has 0 radical (unpaired) electrons. The standard InChI is InChI=1S/C19H26ClN3O3/c1-14(2)19-21-17(26-22-19)6-4-7-18(24)23(3)12-5-13-25-16-10-8-15(20)9-11-16/h8-11,14H,4-7,12-13H2,1-3H3. The molecule has 142 valence electrons. The molecule has 0 unspecified atom stereocenters. The number of aryl methyl sites for hydroxylation is 1. The highest BCUT2D eigenvalue weighted by Gasteiger charge is 2.12. The molecule has 0 N–H and O–H groups in total. The molecule has 0 bridgehead atoms. The summed E-state index contributed by atoms with van der Waals surface area (Å²) < 4.78 is 10.8. The van der Waals surface area contributed by atoms with Crippen LogP contribution in [0.5, 0.6) is 5.75 Å². The number of nitrogens with zero attached hydrogens (tertiary/aromatic N) is 3. The van der Waals surface area contributed by atoms with E-state index in [9.17, 15) is 4.79 Å². The second kappa shape index (κ2) is 10.2. The van der Waals surface area contributed by atoms with Crippen LogP contribution in [0.4, 0.5) is 0 Å². The lowest BCUT2D eigenvalue weighted by Crippen LogP contribution is -2.28. The number of hydrogen-bond donors (Lipinski definition) is 0. The van der Waals surface area contributed by atoms with Gasteiger partial charge in [-0.3, -0.25) is 4.79 Å². The molecule has 7 heteroatoms. The van der Waals surface area contributed by atoms with Gasteiger partial charge < -0.3 is 14.2 Å². The van der Waals surface area contributed by atoms with Crippen molar-refractivity contribution in [3.8, 4) is 5.75 Å². The summed E-state index contributed by atoms with van der Waals surface area (Å²) in [5, 5.41) is 4.61. The van der Waals surface area contributed by atoms with Crippen molar-refractivity contribution in [3.63, 3.8) is 0 Å². The van der Waals surface area contributed by atoms with Crippen molar-refractivity contribution in [1.29, 1.82) is 0 Å². The van der Waals surface area contributed by atoms with Crippen LogP contribution in [0.3, 0.4) is 0 Å². The minimum Gasteiger partial charge on any atom is -0.494 e. The smallest absolute Gasteiger partial charge is 0.226 e. The van der Waals surface area contributed by atoms with Crippen molar-refractivity contribution in [2.75, 3.05) is 20.2 Å². The summed E-state index contributed by atoms with van der Waals surface area (Å²) in [5.74, 6) is 2.45. The van der Waals surface area contributed by atoms with E-state index < -0.39 is 0 Å². The molecule has 0 aliphatic carbocycles. The zero-order valence-electron chi connectivity index (χ0n) is 15.6. The molecule has 1 aromatic carbocycles. The first-order chi connectivity index (χ1) is 12.5. The van der Waals surface area contributed by atoms with Gasteiger partial charge in [-0.2, -0.15) is 4.98 Å². The highest BCUT2D eigenvalue weighted by atomic mass is 35.5. The average molecular weight is 380 g/mol. The van der Waals surface area contributed by atoms with Crippen LogP contribution in [0, 0.1) is 0 Å². The minimum absolute atomic E-state index is 0.111. The van der Waals surface area contributed by atoms with Gasteiger partial charge in [-0.25, -0.2) is 0 Å². The molecule has 2 aromatic rings. The normalized spacial score (nSPS) is 11.0. The number of amides is 1. The van der Waals surface area contributed by atoms with Crippen molar-refractivity contribution < 1.29 is 14.1 Å². The predicted octanol–water partition coefficient (Wildman–Crippen LogP) is 4.10. The number of benzene rings is 1. The highest BCUT2D eigenvalue weighted by Crippen LogP contribution is 2.15. The number of carbonyl (C=O) groups excluding carboxylic acids is 1. The molecule has 0 saturated carbocycles. The first-order valence-electron chi connectivity index (χ1n) is 8.90. The van der Waals surface area contributed by atoms with Crippen molar-refractivity contribution in [1.82, 2.24) is 15.0 Å². The summed E-state index contributed by atoms with van der Waals surface area (Å²) in [6.45, 7) is 5.25. The zero-order valence-corrected chi connectivity index (χ0v) is 16.3. The van der Waals surface area contributed by atoms with Crippen LogP contribution < -0.4 is 4.74 Å². The van der Waals surface area contributed by atoms with E-state index >= 15 is 0 Å². The number of aromatic nitrogens is 2. The quantitative estimate of drug-likeness (QED) is 0.581. The third kappa shape index (κ3) is 6.67. The summed E-state index contributed by atoms with van der Waals surface area (Å²) in [5.41, 5.74) is 0. The van der Waals surface area contributed by atoms with Crippen LogP contribution in [0.15, 0.2) is 28.8 Å². The number of halogens is 1. The summed E-state index contributed by atoms with van der Waals surface area (Å²) in [4.78, 5) is 18.2. The SMILES string of the molecule is CC(C)c1noc(CCCC(=O)N(C)CCCOc2ccc(Cl)cc2)n1. The van der Waals surface area contributed by atoms with Crippen LogP contribution in [-0.4, -0.2) is 41.1 Å². The molecular weight excluding hydrogens is 354 g/mol. The maximum atomic E-state index is 12.2. The summed E-state index contributed by atoms with van der Waals surface area (Å²) in [6.07, 6.45) is 2.56. The molecule has 0 saturated heterocycles. The number of hydrogen-bond acceptors (Lipinski definition) is 5. The molecule has 0 atom stereocenters. The maximum absolute atomic E-state index is 12.2. The molecule has 6 nitrogen and oxygen atoms in total. The number of rotatable bonds is 10. The summed E-state index contributed by atoms with van der Waals surface area (Å²) >= 11 is 5.83. The van der Waals surface area contributed by atoms with E-state index in [0.29, 0.717) is 49.2 Å². The van der Waals surface area contributed by atoms with E-state index in [-0.39, 0.29) is 11.8 Å². The topological polar surface area (TPSA) is 68.5 Å². The van der Waals surface area contributed by atoms with E-state index in [0.717, 1.165) is 12.2 Å². The van der Waals surface area contributed by atoms with Gasteiger partial charge in [0.15, 0.2) is 5.82 Å². The van der Waals surface area contributed by atoms with E-state index in [2.05, 4.69) is 10.1 Å². The van der Waals surface area contributed by atoms with Crippen LogP contribution in [0.1, 0.15) is 50.7 Å². The lowest BCUT2D eigenvalue weighted by atomic mass is 10.2. The second-order valence-electron chi connectivity index (χ2n) is 6.53. The summed E-state index contributed by atoms with van der Waals surface area (Å²) in [6, 6.07) is 7.25. The Bertz CT molecular complexity index is 686. The Hall–Kier alpha value is -2.08. The molecule has 0 fully saturated rings. The molecule has 0 spiro atoms. The van der Waals surface area contributed by atoms with Crippen LogP contribution in [0.25, 0.3) is 0 Å². The van der Waals surface area contributed by atoms with E-state index in [1.54, 1.807) is 17.0 Å². The van der Waals surface area contributed by atoms with Gasteiger partial charge in [0.25, 0.3) is 0 Å². The van der Waals surface area contributed by atoms with Crippen molar-refractivity contribution >= 4 is 17.5 Å². The fraction of sp³-hybridized carbons (Fsp3) is 0.526. The fourth-order valence-electron chi connectivity index (χ4n) is 2.33. The van der Waals surface area contributed by atoms with E-state index in [4.69, 9.17) is 20.9 Å². The predicted molar refractivity (Wildman–Crippen MR) is 101 cm³/mol. The molecular formula is C19H26ClN3O3. The molecule has 2 rings (SSSR count). The van der Waals surface area contributed by atoms with Crippen molar-refractivity contribution in [2.24, 2.45) is 0 Å². The van der Waals surface area contributed by atoms with Gasteiger partial charge in [0, 0.05) is 37.4 Å². The Morgan fingerprint density at radius 2 is 2.00 bits per heavy atom. The fourth-order valence-corrected chi connectivity index (χ4v) is 2.46. The van der Waals surface area contributed by atoms with Gasteiger partial charge in [-0.05, 0) is 37.1 Å². The molecule has 0 aliphatic heterocycles. The molecule has 26 heavy (non-hydrogen) atoms. The lowest BCUT2D eigenvalue weighted by Gasteiger charge is -2.17. The zero-order chi connectivity index (χ0) is 18.9. The first kappa shape index (κ1) is 20.2. The average Bonchev–Trinajstić information content (AvgIpc) is 3.09. The third-order valence-corrected chi connectivity index (χ3v) is 4.18. The number of carbonyl (C=O) groups is 1. The maximum Gasteiger partial charge on any atom is 0.226 e. The van der Waals surface area contributed by atoms with Crippen LogP contribution >= 0.6 is 11.6 Å². The molecule has 1 heterocycles. The molecule has 1 amide bonds. The van der Waals surface area contributed by atoms with Crippen LogP contribution in [-0.2, 0) is 11.2 Å². The van der Waals surface area contributed by atoms with Gasteiger partial charge in [-0.1, -0.05) is 30.6 Å². The Balaban J connectivity index is 1.60. The summed E-state index contributed by atoms with van der Waals surface area (Å²) in [7, 11) is 1.81. The Morgan fingerprint density at radius 1 is 1.27 bits per heavy atom. The third-order valence-electron chi connectivity index (χ3n) is 3.93. The Kier molecular flexibility index (Phi) is 7.91. The monoisotopic (exact) mass is 379 g/mol. The Morgan fingerprint density at radius 3 is 2.65 bits per heavy atom. The van der Waals surface area contributed by atoms with Crippen LogP contribution in [0.2, 0.25) is 5.02 Å². The van der Waals surface area contributed by atoms with E-state index in [1.165, 1.54) is 0 Å². The second-order valence-corrected chi connectivity index (χ2v) is 6.96. The van der Waals surface area contributed by atoms with E-state index in [1.807, 2.05) is 33.0 Å². The lowest BCUT2D eigenvalue weighted by molar-refractivity contribution is -0.130. The Labute approximate surface area is 159 Å². The highest BCUT2D eigenvalue weighted by molar-refractivity contribution is 6.30. The molecule has 0 aliphatic rings. The largest absolute Gasteiger partial charge is 0.494 e. The van der Waals surface area contributed by atoms with Crippen molar-refractivity contribution in [2.45, 2.75) is 45.4 Å². The van der Waals surface area contributed by atoms with Gasteiger partial charge in [0.05, 0.1) is 6.61 Å². The molecule has 1 aromatic heterocycles. The minimum atomic E-state index is 0.111. The van der Waals surface area contributed by atoms with Gasteiger partial charge in [0.1, 0.15) is 5.75 Å². The first-order valence-corrected chi connectivity index (χ1v) is 9.28. The van der Waals surface area contributed by atoms with Gasteiger partial charge >= 0.3 is 0 Å². The number of ether oxygens (including phenoxy) is 1. The van der Waals surface area contributed by atoms with Gasteiger partial charge in [0.2, 0.25) is 11.8 Å². The van der Waals surface area contributed by atoms with Crippen molar-refractivity contribution in [3.05, 3.63) is 41.0 Å².